The third-order valence-electron chi connectivity index (χ3n) is 9.12. The fourth-order valence-electron chi connectivity index (χ4n) is 6.70. The minimum absolute atomic E-state index is 0.0952. The lowest BCUT2D eigenvalue weighted by Gasteiger charge is -2.47. The summed E-state index contributed by atoms with van der Waals surface area (Å²) >= 11 is 0. The molecule has 0 amide bonds. The molecular formula is C38H31F4N5. The zero-order valence-electron chi connectivity index (χ0n) is 25.4. The Labute approximate surface area is 270 Å². The van der Waals surface area contributed by atoms with E-state index in [0.717, 1.165) is 0 Å². The summed E-state index contributed by atoms with van der Waals surface area (Å²) < 4.78 is 56.9. The first-order valence-corrected chi connectivity index (χ1v) is 15.0. The van der Waals surface area contributed by atoms with Gasteiger partial charge in [0.25, 0.3) is 0 Å². The van der Waals surface area contributed by atoms with E-state index in [0.29, 0.717) is 39.2 Å². The number of nitrogens with two attached hydrogens (primary N) is 2. The molecule has 0 bridgehead atoms. The van der Waals surface area contributed by atoms with Crippen LogP contribution in [0.2, 0.25) is 0 Å². The second-order valence-corrected chi connectivity index (χ2v) is 12.0. The smallest absolute Gasteiger partial charge is 0.136 e. The first-order chi connectivity index (χ1) is 22.5. The summed E-state index contributed by atoms with van der Waals surface area (Å²) in [5.41, 5.74) is 13.7. The molecule has 2 atom stereocenters. The van der Waals surface area contributed by atoms with E-state index in [4.69, 9.17) is 16.5 Å². The molecule has 0 saturated carbocycles. The van der Waals surface area contributed by atoms with Crippen molar-refractivity contribution < 1.29 is 17.6 Å². The molecular weight excluding hydrogens is 602 g/mol. The van der Waals surface area contributed by atoms with Crippen LogP contribution in [0.25, 0.3) is 0 Å². The van der Waals surface area contributed by atoms with Crippen LogP contribution in [0, 0.1) is 34.6 Å². The van der Waals surface area contributed by atoms with Crippen molar-refractivity contribution in [2.45, 2.75) is 36.0 Å². The average Bonchev–Trinajstić information content (AvgIpc) is 3.38. The SMILES string of the molecule is CC1(CC(N)C(N)(c2ccc(F)cc2)c2ccc(F)cc2)NC(c2cccc(C#N)c2)=NC1(c1ccc(F)cc1)c1ccc(F)cc1. The highest BCUT2D eigenvalue weighted by Gasteiger charge is 2.57. The Hall–Kier alpha value is -5.30. The number of hydrogen-bond acceptors (Lipinski definition) is 5. The Bertz CT molecular complexity index is 1880. The molecule has 1 heterocycles. The van der Waals surface area contributed by atoms with Gasteiger partial charge in [0.05, 0.1) is 22.7 Å². The van der Waals surface area contributed by atoms with Crippen LogP contribution in [0.5, 0.6) is 0 Å². The van der Waals surface area contributed by atoms with E-state index in [2.05, 4.69) is 11.4 Å². The molecule has 6 rings (SSSR count). The third kappa shape index (κ3) is 5.56. The Morgan fingerprint density at radius 1 is 0.745 bits per heavy atom. The lowest BCUT2D eigenvalue weighted by atomic mass is 9.64. The summed E-state index contributed by atoms with van der Waals surface area (Å²) in [6.07, 6.45) is 0.0952. The minimum atomic E-state index is -1.45. The largest absolute Gasteiger partial charge is 0.361 e. The molecule has 0 saturated heterocycles. The van der Waals surface area contributed by atoms with Gasteiger partial charge in [0.15, 0.2) is 0 Å². The van der Waals surface area contributed by atoms with Gasteiger partial charge in [0.2, 0.25) is 0 Å². The summed E-state index contributed by atoms with van der Waals surface area (Å²) in [6.45, 7) is 1.90. The van der Waals surface area contributed by atoms with Crippen LogP contribution in [0.15, 0.2) is 126 Å². The summed E-state index contributed by atoms with van der Waals surface area (Å²) in [7, 11) is 0. The van der Waals surface area contributed by atoms with E-state index in [1.807, 2.05) is 13.0 Å². The normalized spacial score (nSPS) is 17.8. The van der Waals surface area contributed by atoms with E-state index < -0.39 is 45.9 Å². The van der Waals surface area contributed by atoms with Gasteiger partial charge >= 0.3 is 0 Å². The molecule has 47 heavy (non-hydrogen) atoms. The lowest BCUT2D eigenvalue weighted by molar-refractivity contribution is 0.222. The quantitative estimate of drug-likeness (QED) is 0.164. The number of amidine groups is 1. The van der Waals surface area contributed by atoms with E-state index in [1.165, 1.54) is 48.5 Å². The van der Waals surface area contributed by atoms with E-state index in [1.54, 1.807) is 66.7 Å². The number of benzene rings is 5. The van der Waals surface area contributed by atoms with Crippen LogP contribution >= 0.6 is 0 Å². The molecule has 0 aromatic heterocycles. The van der Waals surface area contributed by atoms with Crippen LogP contribution in [0.3, 0.4) is 0 Å². The van der Waals surface area contributed by atoms with Crippen LogP contribution in [-0.4, -0.2) is 17.4 Å². The number of halogens is 4. The number of nitriles is 1. The molecule has 1 aliphatic heterocycles. The zero-order chi connectivity index (χ0) is 33.4. The topological polar surface area (TPSA) is 100 Å². The maximum atomic E-state index is 14.3. The summed E-state index contributed by atoms with van der Waals surface area (Å²) in [4.78, 5) is 5.28. The Morgan fingerprint density at radius 2 is 1.19 bits per heavy atom. The van der Waals surface area contributed by atoms with E-state index in [9.17, 15) is 22.8 Å². The molecule has 0 spiro atoms. The van der Waals surface area contributed by atoms with Gasteiger partial charge in [-0.3, -0.25) is 0 Å². The Morgan fingerprint density at radius 3 is 1.64 bits per heavy atom. The minimum Gasteiger partial charge on any atom is -0.361 e. The van der Waals surface area contributed by atoms with Crippen molar-refractivity contribution in [2.24, 2.45) is 16.5 Å². The monoisotopic (exact) mass is 633 g/mol. The molecule has 0 radical (unpaired) electrons. The molecule has 0 fully saturated rings. The lowest BCUT2D eigenvalue weighted by Crippen LogP contribution is -2.62. The molecule has 5 N–H and O–H groups in total. The fourth-order valence-corrected chi connectivity index (χ4v) is 6.70. The van der Waals surface area contributed by atoms with Crippen molar-refractivity contribution in [3.8, 4) is 6.07 Å². The maximum Gasteiger partial charge on any atom is 0.136 e. The van der Waals surface area contributed by atoms with Crippen LogP contribution in [0.4, 0.5) is 17.6 Å². The van der Waals surface area contributed by atoms with Gasteiger partial charge in [-0.25, -0.2) is 22.6 Å². The number of rotatable bonds is 8. The highest BCUT2D eigenvalue weighted by atomic mass is 19.1. The molecule has 5 aromatic carbocycles. The van der Waals surface area contributed by atoms with Crippen molar-refractivity contribution in [1.82, 2.24) is 5.32 Å². The Balaban J connectivity index is 1.57. The number of nitrogens with zero attached hydrogens (tertiary/aromatic N) is 2. The van der Waals surface area contributed by atoms with Crippen molar-refractivity contribution in [3.05, 3.63) is 178 Å². The molecule has 5 nitrogen and oxygen atoms in total. The summed E-state index contributed by atoms with van der Waals surface area (Å²) in [5.74, 6) is -1.40. The summed E-state index contributed by atoms with van der Waals surface area (Å²) in [5, 5.41) is 13.2. The first-order valence-electron chi connectivity index (χ1n) is 15.0. The van der Waals surface area contributed by atoms with Crippen LogP contribution in [0.1, 0.15) is 46.7 Å². The maximum absolute atomic E-state index is 14.3. The molecule has 2 unspecified atom stereocenters. The van der Waals surface area contributed by atoms with Gasteiger partial charge in [-0.05, 0) is 96.3 Å². The Kier molecular flexibility index (Phi) is 8.18. The number of hydrogen-bond donors (Lipinski definition) is 3. The molecule has 0 aliphatic carbocycles. The number of aliphatic imine (C=N–C) groups is 1. The second-order valence-electron chi connectivity index (χ2n) is 12.0. The molecule has 236 valence electrons. The summed E-state index contributed by atoms with van der Waals surface area (Å²) in [6, 6.07) is 31.3. The van der Waals surface area contributed by atoms with Crippen molar-refractivity contribution >= 4 is 5.84 Å². The van der Waals surface area contributed by atoms with Crippen molar-refractivity contribution in [1.29, 1.82) is 5.26 Å². The van der Waals surface area contributed by atoms with Crippen LogP contribution in [-0.2, 0) is 11.1 Å². The third-order valence-corrected chi connectivity index (χ3v) is 9.12. The average molecular weight is 634 g/mol. The van der Waals surface area contributed by atoms with Gasteiger partial charge in [-0.2, -0.15) is 5.26 Å². The standard InChI is InChI=1S/C38H31F4N5/c1-36(22-34(44)37(45,26-5-13-30(39)14-6-26)27-7-15-31(40)16-8-27)38(28-9-17-32(41)18-10-28,29-11-19-33(42)20-12-29)47-35(46-36)25-4-2-3-24(21-25)23-43/h2-21,34H,22,44-45H2,1H3,(H,46,47). The van der Waals surface area contributed by atoms with Gasteiger partial charge in [-0.1, -0.05) is 60.7 Å². The fraction of sp³-hybridized carbons (Fsp3) is 0.158. The number of nitrogens with one attached hydrogen (secondary N) is 1. The molecule has 9 heteroatoms. The zero-order valence-corrected chi connectivity index (χ0v) is 25.4. The molecule has 1 aliphatic rings. The first kappa shape index (κ1) is 31.7. The second kappa shape index (κ2) is 12.1. The van der Waals surface area contributed by atoms with Gasteiger partial charge in [0, 0.05) is 11.6 Å². The highest BCUT2D eigenvalue weighted by molar-refractivity contribution is 6.02. The van der Waals surface area contributed by atoms with Gasteiger partial charge in [-0.15, -0.1) is 0 Å². The molecule has 5 aromatic rings. The highest BCUT2D eigenvalue weighted by Crippen LogP contribution is 2.50. The van der Waals surface area contributed by atoms with Gasteiger partial charge < -0.3 is 16.8 Å². The van der Waals surface area contributed by atoms with Crippen molar-refractivity contribution in [3.63, 3.8) is 0 Å². The predicted octanol–water partition coefficient (Wildman–Crippen LogP) is 6.79. The van der Waals surface area contributed by atoms with E-state index >= 15 is 0 Å². The van der Waals surface area contributed by atoms with Gasteiger partial charge in [0.1, 0.15) is 34.6 Å². The van der Waals surface area contributed by atoms with Crippen LogP contribution < -0.4 is 16.8 Å². The predicted molar refractivity (Wildman–Crippen MR) is 173 cm³/mol. The van der Waals surface area contributed by atoms with Crippen molar-refractivity contribution in [2.75, 3.05) is 0 Å². The van der Waals surface area contributed by atoms with E-state index in [-0.39, 0.29) is 6.42 Å².